The minimum absolute atomic E-state index is 0.155. The van der Waals surface area contributed by atoms with Crippen LogP contribution in [0.4, 0.5) is 0 Å². The molecule has 1 heterocycles. The summed E-state index contributed by atoms with van der Waals surface area (Å²) in [5.41, 5.74) is -0.433. The second-order valence-corrected chi connectivity index (χ2v) is 5.53. The molecule has 0 saturated heterocycles. The average Bonchev–Trinajstić information content (AvgIpc) is 2.73. The SMILES string of the molecule is CC1(C)C(C(=O)O)C1C(=O)NCCCn1cccn1. The number of hydrogen-bond donors (Lipinski definition) is 2. The highest BCUT2D eigenvalue weighted by molar-refractivity contribution is 5.91. The molecule has 19 heavy (non-hydrogen) atoms. The fourth-order valence-corrected chi connectivity index (χ4v) is 2.58. The molecule has 2 rings (SSSR count). The van der Waals surface area contributed by atoms with Crippen LogP contribution in [-0.4, -0.2) is 33.3 Å². The third kappa shape index (κ3) is 2.77. The van der Waals surface area contributed by atoms with Crippen LogP contribution in [0.3, 0.4) is 0 Å². The number of carbonyl (C=O) groups is 2. The fraction of sp³-hybridized carbons (Fsp3) is 0.615. The lowest BCUT2D eigenvalue weighted by atomic mass is 10.1. The third-order valence-corrected chi connectivity index (χ3v) is 3.80. The Labute approximate surface area is 111 Å². The zero-order valence-corrected chi connectivity index (χ0v) is 11.2. The summed E-state index contributed by atoms with van der Waals surface area (Å²) in [5.74, 6) is -2.01. The molecule has 0 bridgehead atoms. The molecule has 1 saturated carbocycles. The normalized spacial score (nSPS) is 23.9. The van der Waals surface area contributed by atoms with Crippen LogP contribution < -0.4 is 5.32 Å². The third-order valence-electron chi connectivity index (χ3n) is 3.80. The molecule has 1 aliphatic rings. The molecule has 1 aromatic heterocycles. The highest BCUT2D eigenvalue weighted by atomic mass is 16.4. The number of carbonyl (C=O) groups excluding carboxylic acids is 1. The van der Waals surface area contributed by atoms with Gasteiger partial charge in [-0.05, 0) is 17.9 Å². The molecular formula is C13H19N3O3. The Kier molecular flexibility index (Phi) is 3.59. The number of aromatic nitrogens is 2. The maximum Gasteiger partial charge on any atom is 0.307 e. The summed E-state index contributed by atoms with van der Waals surface area (Å²) >= 11 is 0. The van der Waals surface area contributed by atoms with E-state index in [4.69, 9.17) is 5.11 Å². The van der Waals surface area contributed by atoms with Crippen molar-refractivity contribution in [3.05, 3.63) is 18.5 Å². The van der Waals surface area contributed by atoms with Gasteiger partial charge in [0.1, 0.15) is 0 Å². The average molecular weight is 265 g/mol. The van der Waals surface area contributed by atoms with Gasteiger partial charge < -0.3 is 10.4 Å². The summed E-state index contributed by atoms with van der Waals surface area (Å²) in [6.45, 7) is 4.92. The molecular weight excluding hydrogens is 246 g/mol. The van der Waals surface area contributed by atoms with E-state index in [1.165, 1.54) is 0 Å². The molecule has 0 spiro atoms. The molecule has 2 unspecified atom stereocenters. The van der Waals surface area contributed by atoms with E-state index < -0.39 is 23.2 Å². The van der Waals surface area contributed by atoms with Crippen LogP contribution in [0.1, 0.15) is 20.3 Å². The maximum atomic E-state index is 11.9. The van der Waals surface area contributed by atoms with E-state index in [9.17, 15) is 9.59 Å². The van der Waals surface area contributed by atoms with Crippen LogP contribution in [0.25, 0.3) is 0 Å². The number of hydrogen-bond acceptors (Lipinski definition) is 3. The van der Waals surface area contributed by atoms with E-state index >= 15 is 0 Å². The predicted octanol–water partition coefficient (Wildman–Crippen LogP) is 0.746. The van der Waals surface area contributed by atoms with Crippen LogP contribution in [-0.2, 0) is 16.1 Å². The first-order valence-corrected chi connectivity index (χ1v) is 6.42. The van der Waals surface area contributed by atoms with E-state index in [0.717, 1.165) is 13.0 Å². The van der Waals surface area contributed by atoms with Crippen molar-refractivity contribution in [2.24, 2.45) is 17.3 Å². The van der Waals surface area contributed by atoms with E-state index in [1.54, 1.807) is 10.9 Å². The summed E-state index contributed by atoms with van der Waals surface area (Å²) < 4.78 is 1.80. The first kappa shape index (κ1) is 13.6. The molecule has 1 fully saturated rings. The van der Waals surface area contributed by atoms with Crippen molar-refractivity contribution in [1.29, 1.82) is 0 Å². The number of carboxylic acids is 1. The van der Waals surface area contributed by atoms with Gasteiger partial charge in [-0.2, -0.15) is 5.10 Å². The first-order valence-electron chi connectivity index (χ1n) is 6.42. The summed E-state index contributed by atoms with van der Waals surface area (Å²) in [6.07, 6.45) is 4.35. The van der Waals surface area contributed by atoms with E-state index in [1.807, 2.05) is 26.1 Å². The molecule has 2 N–H and O–H groups in total. The van der Waals surface area contributed by atoms with Crippen molar-refractivity contribution in [1.82, 2.24) is 15.1 Å². The van der Waals surface area contributed by atoms with Gasteiger partial charge in [-0.15, -0.1) is 0 Å². The second-order valence-electron chi connectivity index (χ2n) is 5.53. The van der Waals surface area contributed by atoms with Gasteiger partial charge in [-0.1, -0.05) is 13.8 Å². The molecule has 0 radical (unpaired) electrons. The van der Waals surface area contributed by atoms with Crippen LogP contribution in [0.15, 0.2) is 18.5 Å². The number of aliphatic carboxylic acids is 1. The predicted molar refractivity (Wildman–Crippen MR) is 68.3 cm³/mol. The number of aryl methyl sites for hydroxylation is 1. The minimum Gasteiger partial charge on any atom is -0.481 e. The number of carboxylic acid groups (broad SMARTS) is 1. The lowest BCUT2D eigenvalue weighted by Gasteiger charge is -2.06. The Hall–Kier alpha value is -1.85. The van der Waals surface area contributed by atoms with Crippen molar-refractivity contribution < 1.29 is 14.7 Å². The van der Waals surface area contributed by atoms with Gasteiger partial charge in [-0.3, -0.25) is 14.3 Å². The summed E-state index contributed by atoms with van der Waals surface area (Å²) in [6, 6.07) is 1.85. The second kappa shape index (κ2) is 5.03. The summed E-state index contributed by atoms with van der Waals surface area (Å²) in [5, 5.41) is 15.9. The van der Waals surface area contributed by atoms with E-state index in [2.05, 4.69) is 10.4 Å². The number of rotatable bonds is 6. The zero-order valence-electron chi connectivity index (χ0n) is 11.2. The van der Waals surface area contributed by atoms with Crippen LogP contribution in [0.5, 0.6) is 0 Å². The van der Waals surface area contributed by atoms with Crippen LogP contribution in [0.2, 0.25) is 0 Å². The van der Waals surface area contributed by atoms with Gasteiger partial charge >= 0.3 is 5.97 Å². The lowest BCUT2D eigenvalue weighted by Crippen LogP contribution is -2.28. The molecule has 2 atom stereocenters. The molecule has 6 nitrogen and oxygen atoms in total. The van der Waals surface area contributed by atoms with Gasteiger partial charge in [0.15, 0.2) is 0 Å². The number of amides is 1. The van der Waals surface area contributed by atoms with Gasteiger partial charge in [0, 0.05) is 25.5 Å². The van der Waals surface area contributed by atoms with Gasteiger partial charge in [0.2, 0.25) is 5.91 Å². The fourth-order valence-electron chi connectivity index (χ4n) is 2.58. The molecule has 0 aromatic carbocycles. The Morgan fingerprint density at radius 1 is 1.42 bits per heavy atom. The van der Waals surface area contributed by atoms with Crippen LogP contribution >= 0.6 is 0 Å². The Balaban J connectivity index is 1.72. The molecule has 0 aliphatic heterocycles. The lowest BCUT2D eigenvalue weighted by molar-refractivity contribution is -0.140. The topological polar surface area (TPSA) is 84.2 Å². The van der Waals surface area contributed by atoms with Crippen LogP contribution in [0, 0.1) is 17.3 Å². The highest BCUT2D eigenvalue weighted by Crippen LogP contribution is 2.58. The van der Waals surface area contributed by atoms with Gasteiger partial charge in [-0.25, -0.2) is 0 Å². The maximum absolute atomic E-state index is 11.9. The Morgan fingerprint density at radius 3 is 2.68 bits per heavy atom. The molecule has 1 aliphatic carbocycles. The standard InChI is InChI=1S/C13H19N3O3/c1-13(2)9(10(13)12(18)19)11(17)14-5-3-7-16-8-4-6-15-16/h4,6,8-10H,3,5,7H2,1-2H3,(H,14,17)(H,18,19). The number of nitrogens with one attached hydrogen (secondary N) is 1. The molecule has 1 amide bonds. The zero-order chi connectivity index (χ0) is 14.0. The van der Waals surface area contributed by atoms with E-state index in [0.29, 0.717) is 6.54 Å². The van der Waals surface area contributed by atoms with Crippen molar-refractivity contribution in [2.75, 3.05) is 6.54 Å². The smallest absolute Gasteiger partial charge is 0.307 e. The van der Waals surface area contributed by atoms with Crippen molar-refractivity contribution in [2.45, 2.75) is 26.8 Å². The van der Waals surface area contributed by atoms with Crippen molar-refractivity contribution in [3.8, 4) is 0 Å². The van der Waals surface area contributed by atoms with Crippen molar-refractivity contribution >= 4 is 11.9 Å². The van der Waals surface area contributed by atoms with Gasteiger partial charge in [0.05, 0.1) is 11.8 Å². The first-order chi connectivity index (χ1) is 8.94. The Bertz CT molecular complexity index is 467. The molecule has 1 aromatic rings. The van der Waals surface area contributed by atoms with Gasteiger partial charge in [0.25, 0.3) is 0 Å². The largest absolute Gasteiger partial charge is 0.481 e. The summed E-state index contributed by atoms with van der Waals surface area (Å²) in [7, 11) is 0. The quantitative estimate of drug-likeness (QED) is 0.743. The molecule has 6 heteroatoms. The number of nitrogens with zero attached hydrogens (tertiary/aromatic N) is 2. The highest BCUT2D eigenvalue weighted by Gasteiger charge is 2.65. The van der Waals surface area contributed by atoms with E-state index in [-0.39, 0.29) is 5.91 Å². The summed E-state index contributed by atoms with van der Waals surface area (Å²) in [4.78, 5) is 22.9. The molecule has 104 valence electrons. The minimum atomic E-state index is -0.887. The van der Waals surface area contributed by atoms with Crippen molar-refractivity contribution in [3.63, 3.8) is 0 Å². The Morgan fingerprint density at radius 2 is 2.16 bits per heavy atom. The monoisotopic (exact) mass is 265 g/mol.